The molecule has 6 nitrogen and oxygen atoms in total. The zero-order chi connectivity index (χ0) is 26.9. The van der Waals surface area contributed by atoms with E-state index < -0.39 is 12.1 Å². The van der Waals surface area contributed by atoms with Crippen molar-refractivity contribution in [2.24, 2.45) is 5.92 Å². The molecule has 0 aliphatic carbocycles. The van der Waals surface area contributed by atoms with Gasteiger partial charge in [-0.3, -0.25) is 9.59 Å². The van der Waals surface area contributed by atoms with Crippen LogP contribution in [0.4, 0.5) is 0 Å². The van der Waals surface area contributed by atoms with Gasteiger partial charge in [-0.2, -0.15) is 0 Å². The van der Waals surface area contributed by atoms with E-state index in [4.69, 9.17) is 4.74 Å². The number of para-hydroxylation sites is 1. The molecule has 2 aliphatic heterocycles. The molecule has 3 aromatic carbocycles. The number of rotatable bonds is 8. The first-order valence-electron chi connectivity index (χ1n) is 14.1. The van der Waals surface area contributed by atoms with Gasteiger partial charge in [0, 0.05) is 35.2 Å². The number of carbonyl (C=O) groups excluding carboxylic acids is 2. The number of hydrogen-bond donors (Lipinski definition) is 2. The number of H-pyrrole nitrogens is 1. The lowest BCUT2D eigenvalue weighted by Gasteiger charge is -2.36. The topological polar surface area (TPSA) is 74.4 Å². The van der Waals surface area contributed by atoms with E-state index in [0.717, 1.165) is 59.2 Å². The number of fused-ring (bicyclic) bond motifs is 2. The number of nitrogens with zero attached hydrogens (tertiary/aromatic N) is 1. The van der Waals surface area contributed by atoms with Gasteiger partial charge in [-0.25, -0.2) is 0 Å². The van der Waals surface area contributed by atoms with Gasteiger partial charge in [0.2, 0.25) is 5.91 Å². The van der Waals surface area contributed by atoms with E-state index in [2.05, 4.69) is 48.4 Å². The molecule has 1 aromatic heterocycles. The van der Waals surface area contributed by atoms with Crippen molar-refractivity contribution in [1.29, 1.82) is 0 Å². The fourth-order valence-corrected chi connectivity index (χ4v) is 6.20. The van der Waals surface area contributed by atoms with Crippen LogP contribution in [0.25, 0.3) is 22.2 Å². The molecule has 4 atom stereocenters. The molecule has 6 heteroatoms. The average molecular weight is 522 g/mol. The number of nitrogens with one attached hydrogen (secondary N) is 2. The third-order valence-electron chi connectivity index (χ3n) is 8.36. The highest BCUT2D eigenvalue weighted by atomic mass is 16.5. The molecule has 1 fully saturated rings. The van der Waals surface area contributed by atoms with Gasteiger partial charge in [-0.1, -0.05) is 87.0 Å². The predicted octanol–water partition coefficient (Wildman–Crippen LogP) is 6.09. The second kappa shape index (κ2) is 10.7. The molecule has 0 bridgehead atoms. The number of hydrogen-bond acceptors (Lipinski definition) is 3. The molecule has 2 amide bonds. The van der Waals surface area contributed by atoms with Crippen molar-refractivity contribution in [3.8, 4) is 11.3 Å². The Morgan fingerprint density at radius 1 is 1.05 bits per heavy atom. The summed E-state index contributed by atoms with van der Waals surface area (Å²) in [5.41, 5.74) is 5.64. The highest BCUT2D eigenvalue weighted by molar-refractivity contribution is 6.04. The second-order valence-corrected chi connectivity index (χ2v) is 10.7. The Morgan fingerprint density at radius 3 is 2.56 bits per heavy atom. The van der Waals surface area contributed by atoms with Crippen molar-refractivity contribution in [2.45, 2.75) is 51.3 Å². The van der Waals surface area contributed by atoms with Gasteiger partial charge in [-0.05, 0) is 42.0 Å². The van der Waals surface area contributed by atoms with E-state index in [1.165, 1.54) is 0 Å². The van der Waals surface area contributed by atoms with Crippen molar-refractivity contribution < 1.29 is 14.3 Å². The number of carbonyl (C=O) groups is 2. The average Bonchev–Trinajstić information content (AvgIpc) is 3.70. The van der Waals surface area contributed by atoms with Crippen LogP contribution in [0.15, 0.2) is 78.9 Å². The van der Waals surface area contributed by atoms with Crippen LogP contribution in [-0.4, -0.2) is 47.0 Å². The van der Waals surface area contributed by atoms with Crippen molar-refractivity contribution in [2.75, 3.05) is 13.2 Å². The van der Waals surface area contributed by atoms with E-state index in [1.54, 1.807) is 0 Å². The summed E-state index contributed by atoms with van der Waals surface area (Å²) < 4.78 is 5.76. The van der Waals surface area contributed by atoms with E-state index in [-0.39, 0.29) is 23.8 Å². The molecular weight excluding hydrogens is 486 g/mol. The summed E-state index contributed by atoms with van der Waals surface area (Å²) in [5.74, 6) is -0.259. The van der Waals surface area contributed by atoms with Crippen LogP contribution in [0.3, 0.4) is 0 Å². The van der Waals surface area contributed by atoms with E-state index >= 15 is 0 Å². The van der Waals surface area contributed by atoms with Crippen LogP contribution in [0.5, 0.6) is 0 Å². The Labute approximate surface area is 229 Å². The fourth-order valence-electron chi connectivity index (χ4n) is 6.20. The Morgan fingerprint density at radius 2 is 1.79 bits per heavy atom. The maximum atomic E-state index is 14.2. The Balaban J connectivity index is 1.51. The first-order chi connectivity index (χ1) is 19.1. The molecule has 6 rings (SSSR count). The standard InChI is InChI=1S/C33H35N3O3/c1-3-21(2)30(32(37)34-20-23-14-11-19-39-23)36-31(24-15-7-8-16-25(24)33(36)38)28-26-17-9-10-18-27(26)35-29(28)22-12-5-4-6-13-22/h4-10,12-13,15-18,21,23,30-31,35H,3,11,14,19-20H2,1-2H3,(H,34,37). The highest BCUT2D eigenvalue weighted by Gasteiger charge is 2.47. The summed E-state index contributed by atoms with van der Waals surface area (Å²) in [6.07, 6.45) is 2.76. The third-order valence-corrected chi connectivity index (χ3v) is 8.36. The molecule has 0 spiro atoms. The van der Waals surface area contributed by atoms with Crippen molar-refractivity contribution in [3.63, 3.8) is 0 Å². The fraction of sp³-hybridized carbons (Fsp3) is 0.333. The summed E-state index contributed by atoms with van der Waals surface area (Å²) in [6.45, 7) is 5.35. The first-order valence-corrected chi connectivity index (χ1v) is 14.1. The van der Waals surface area contributed by atoms with Gasteiger partial charge >= 0.3 is 0 Å². The van der Waals surface area contributed by atoms with E-state index in [1.807, 2.05) is 59.5 Å². The molecule has 0 saturated carbocycles. The number of aromatic nitrogens is 1. The quantitative estimate of drug-likeness (QED) is 0.295. The largest absolute Gasteiger partial charge is 0.376 e. The van der Waals surface area contributed by atoms with Crippen LogP contribution in [0, 0.1) is 5.92 Å². The lowest BCUT2D eigenvalue weighted by molar-refractivity contribution is -0.128. The smallest absolute Gasteiger partial charge is 0.255 e. The van der Waals surface area contributed by atoms with E-state index in [9.17, 15) is 9.59 Å². The summed E-state index contributed by atoms with van der Waals surface area (Å²) in [7, 11) is 0. The lowest BCUT2D eigenvalue weighted by Crippen LogP contribution is -2.53. The molecule has 2 aliphatic rings. The SMILES string of the molecule is CCC(C)C(C(=O)NCC1CCCO1)N1C(=O)c2ccccc2C1c1c(-c2ccccc2)[nH]c2ccccc12. The Bertz CT molecular complexity index is 1490. The van der Waals surface area contributed by atoms with Crippen LogP contribution in [0.1, 0.15) is 60.6 Å². The molecule has 4 unspecified atom stereocenters. The zero-order valence-corrected chi connectivity index (χ0v) is 22.5. The third kappa shape index (κ3) is 4.53. The minimum atomic E-state index is -0.626. The van der Waals surface area contributed by atoms with Crippen LogP contribution in [0.2, 0.25) is 0 Å². The zero-order valence-electron chi connectivity index (χ0n) is 22.5. The number of aromatic amines is 1. The molecule has 0 radical (unpaired) electrons. The Kier molecular flexibility index (Phi) is 6.96. The van der Waals surface area contributed by atoms with Crippen LogP contribution < -0.4 is 5.32 Å². The van der Waals surface area contributed by atoms with Crippen LogP contribution in [-0.2, 0) is 9.53 Å². The molecular formula is C33H35N3O3. The van der Waals surface area contributed by atoms with E-state index in [0.29, 0.717) is 12.1 Å². The monoisotopic (exact) mass is 521 g/mol. The molecule has 39 heavy (non-hydrogen) atoms. The minimum Gasteiger partial charge on any atom is -0.376 e. The molecule has 2 N–H and O–H groups in total. The first kappa shape index (κ1) is 25.4. The summed E-state index contributed by atoms with van der Waals surface area (Å²) in [5, 5.41) is 4.20. The van der Waals surface area contributed by atoms with Gasteiger partial charge in [0.25, 0.3) is 5.91 Å². The van der Waals surface area contributed by atoms with Gasteiger partial charge < -0.3 is 19.9 Å². The molecule has 1 saturated heterocycles. The maximum Gasteiger partial charge on any atom is 0.255 e. The minimum absolute atomic E-state index is 0.0344. The van der Waals surface area contributed by atoms with Gasteiger partial charge in [0.1, 0.15) is 6.04 Å². The summed E-state index contributed by atoms with van der Waals surface area (Å²) in [6, 6.07) is 25.2. The number of ether oxygens (including phenoxy) is 1. The normalized spacial score (nSPS) is 20.3. The van der Waals surface area contributed by atoms with Gasteiger partial charge in [0.05, 0.1) is 17.8 Å². The lowest BCUT2D eigenvalue weighted by atomic mass is 9.90. The summed E-state index contributed by atoms with van der Waals surface area (Å²) in [4.78, 5) is 33.7. The highest BCUT2D eigenvalue weighted by Crippen LogP contribution is 2.47. The maximum absolute atomic E-state index is 14.2. The second-order valence-electron chi connectivity index (χ2n) is 10.7. The van der Waals surface area contributed by atoms with Crippen LogP contribution >= 0.6 is 0 Å². The van der Waals surface area contributed by atoms with Gasteiger partial charge in [-0.15, -0.1) is 0 Å². The van der Waals surface area contributed by atoms with Gasteiger partial charge in [0.15, 0.2) is 0 Å². The predicted molar refractivity (Wildman–Crippen MR) is 153 cm³/mol. The van der Waals surface area contributed by atoms with Crippen molar-refractivity contribution >= 4 is 22.7 Å². The number of benzene rings is 3. The summed E-state index contributed by atoms with van der Waals surface area (Å²) >= 11 is 0. The number of amides is 2. The van der Waals surface area contributed by atoms with Crippen molar-refractivity contribution in [3.05, 3.63) is 95.6 Å². The molecule has 4 aromatic rings. The molecule has 3 heterocycles. The molecule has 200 valence electrons. The van der Waals surface area contributed by atoms with Crippen molar-refractivity contribution in [1.82, 2.24) is 15.2 Å². The Hall–Kier alpha value is -3.90.